The van der Waals surface area contributed by atoms with Crippen molar-refractivity contribution in [3.63, 3.8) is 0 Å². The molecule has 0 saturated heterocycles. The van der Waals surface area contributed by atoms with Crippen molar-refractivity contribution in [2.75, 3.05) is 6.54 Å². The number of hydrogen-bond donors (Lipinski definition) is 2. The van der Waals surface area contributed by atoms with Crippen molar-refractivity contribution in [1.82, 2.24) is 10.6 Å². The molecular formula is C27H31ClN2O4. The molecule has 2 aromatic carbocycles. The maximum atomic E-state index is 13.0. The van der Waals surface area contributed by atoms with Gasteiger partial charge in [-0.15, -0.1) is 0 Å². The van der Waals surface area contributed by atoms with Crippen LogP contribution in [0.1, 0.15) is 49.8 Å². The van der Waals surface area contributed by atoms with Gasteiger partial charge in [0.15, 0.2) is 0 Å². The zero-order chi connectivity index (χ0) is 24.3. The van der Waals surface area contributed by atoms with Crippen LogP contribution >= 0.6 is 11.6 Å². The number of nitrogens with one attached hydrogen (secondary N) is 2. The zero-order valence-corrected chi connectivity index (χ0v) is 20.1. The van der Waals surface area contributed by atoms with Crippen molar-refractivity contribution in [3.8, 4) is 0 Å². The number of carbonyl (C=O) groups is 3. The topological polar surface area (TPSA) is 84.5 Å². The van der Waals surface area contributed by atoms with Crippen molar-refractivity contribution < 1.29 is 19.1 Å². The Kier molecular flexibility index (Phi) is 9.71. The molecule has 1 aliphatic rings. The number of carbonyl (C=O) groups excluding carboxylic acids is 3. The molecule has 0 bridgehead atoms. The van der Waals surface area contributed by atoms with E-state index in [0.29, 0.717) is 30.8 Å². The first-order valence-electron chi connectivity index (χ1n) is 11.6. The molecule has 1 aliphatic heterocycles. The molecule has 0 spiro atoms. The van der Waals surface area contributed by atoms with Gasteiger partial charge in [0.25, 0.3) is 0 Å². The number of cyclic esters (lactones) is 1. The van der Waals surface area contributed by atoms with E-state index in [1.54, 1.807) is 12.1 Å². The van der Waals surface area contributed by atoms with Crippen LogP contribution in [0.2, 0.25) is 5.02 Å². The van der Waals surface area contributed by atoms with Crippen LogP contribution in [0, 0.1) is 11.8 Å². The smallest absolute Gasteiger partial charge is 0.306 e. The lowest BCUT2D eigenvalue weighted by molar-refractivity contribution is -0.151. The van der Waals surface area contributed by atoms with Crippen molar-refractivity contribution in [2.45, 2.75) is 45.3 Å². The van der Waals surface area contributed by atoms with Gasteiger partial charge in [0.2, 0.25) is 11.8 Å². The van der Waals surface area contributed by atoms with Gasteiger partial charge in [0.1, 0.15) is 6.10 Å². The van der Waals surface area contributed by atoms with E-state index in [0.717, 1.165) is 11.1 Å². The first kappa shape index (κ1) is 25.5. The minimum absolute atomic E-state index is 0.0646. The number of hydrogen-bond acceptors (Lipinski definition) is 4. The van der Waals surface area contributed by atoms with E-state index in [4.69, 9.17) is 16.3 Å². The molecule has 7 heteroatoms. The summed E-state index contributed by atoms with van der Waals surface area (Å²) in [6, 6.07) is 16.6. The molecule has 0 aromatic heterocycles. The predicted octanol–water partition coefficient (Wildman–Crippen LogP) is 4.74. The van der Waals surface area contributed by atoms with Crippen molar-refractivity contribution in [1.29, 1.82) is 0 Å². The normalized spacial score (nSPS) is 22.8. The van der Waals surface area contributed by atoms with E-state index >= 15 is 0 Å². The Bertz CT molecular complexity index is 991. The number of esters is 1. The lowest BCUT2D eigenvalue weighted by atomic mass is 9.97. The summed E-state index contributed by atoms with van der Waals surface area (Å²) >= 11 is 5.91. The molecular weight excluding hydrogens is 452 g/mol. The van der Waals surface area contributed by atoms with E-state index in [1.165, 1.54) is 0 Å². The van der Waals surface area contributed by atoms with Crippen LogP contribution in [0.15, 0.2) is 66.7 Å². The summed E-state index contributed by atoms with van der Waals surface area (Å²) in [6.07, 6.45) is 4.81. The summed E-state index contributed by atoms with van der Waals surface area (Å²) in [7, 11) is 0. The van der Waals surface area contributed by atoms with E-state index < -0.39 is 12.0 Å². The van der Waals surface area contributed by atoms with Crippen LogP contribution in [0.25, 0.3) is 0 Å². The number of amides is 2. The van der Waals surface area contributed by atoms with Crippen LogP contribution in [0.3, 0.4) is 0 Å². The third-order valence-electron chi connectivity index (χ3n) is 5.75. The fourth-order valence-electron chi connectivity index (χ4n) is 3.78. The Morgan fingerprint density at radius 3 is 2.50 bits per heavy atom. The molecule has 2 amide bonds. The highest BCUT2D eigenvalue weighted by molar-refractivity contribution is 6.30. The van der Waals surface area contributed by atoms with Gasteiger partial charge in [-0.2, -0.15) is 0 Å². The van der Waals surface area contributed by atoms with Gasteiger partial charge in [0, 0.05) is 24.4 Å². The molecule has 0 fully saturated rings. The minimum Gasteiger partial charge on any atom is -0.456 e. The van der Waals surface area contributed by atoms with Crippen molar-refractivity contribution >= 4 is 29.4 Å². The number of ether oxygens (including phenoxy) is 1. The van der Waals surface area contributed by atoms with Crippen molar-refractivity contribution in [2.24, 2.45) is 11.8 Å². The van der Waals surface area contributed by atoms with Crippen LogP contribution in [0.5, 0.6) is 0 Å². The summed E-state index contributed by atoms with van der Waals surface area (Å²) in [5, 5.41) is 6.40. The molecule has 6 nitrogen and oxygen atoms in total. The third kappa shape index (κ3) is 8.34. The zero-order valence-electron chi connectivity index (χ0n) is 19.3. The molecule has 34 heavy (non-hydrogen) atoms. The quantitative estimate of drug-likeness (QED) is 0.476. The molecule has 0 radical (unpaired) electrons. The first-order valence-corrected chi connectivity index (χ1v) is 12.0. The maximum Gasteiger partial charge on any atom is 0.306 e. The average Bonchev–Trinajstić information content (AvgIpc) is 2.84. The average molecular weight is 483 g/mol. The molecule has 2 N–H and O–H groups in total. The Hall–Kier alpha value is -3.12. The van der Waals surface area contributed by atoms with Gasteiger partial charge < -0.3 is 15.4 Å². The second kappa shape index (κ2) is 12.9. The van der Waals surface area contributed by atoms with Gasteiger partial charge in [-0.25, -0.2) is 0 Å². The second-order valence-electron chi connectivity index (χ2n) is 8.69. The lowest BCUT2D eigenvalue weighted by Crippen LogP contribution is -2.37. The minimum atomic E-state index is -0.585. The van der Waals surface area contributed by atoms with Crippen LogP contribution < -0.4 is 10.6 Å². The van der Waals surface area contributed by atoms with Gasteiger partial charge in [-0.3, -0.25) is 14.4 Å². The maximum absolute atomic E-state index is 13.0. The van der Waals surface area contributed by atoms with Crippen LogP contribution in [-0.2, 0) is 25.7 Å². The number of rotatable bonds is 5. The van der Waals surface area contributed by atoms with Gasteiger partial charge in [-0.1, -0.05) is 73.1 Å². The molecule has 0 saturated carbocycles. The predicted molar refractivity (Wildman–Crippen MR) is 132 cm³/mol. The van der Waals surface area contributed by atoms with E-state index in [1.807, 2.05) is 61.5 Å². The fourth-order valence-corrected chi connectivity index (χ4v) is 3.90. The van der Waals surface area contributed by atoms with E-state index in [9.17, 15) is 14.4 Å². The van der Waals surface area contributed by atoms with Gasteiger partial charge >= 0.3 is 5.97 Å². The number of benzene rings is 2. The monoisotopic (exact) mass is 482 g/mol. The van der Waals surface area contributed by atoms with Crippen LogP contribution in [0.4, 0.5) is 0 Å². The molecule has 3 rings (SSSR count). The van der Waals surface area contributed by atoms with Crippen molar-refractivity contribution in [3.05, 3.63) is 82.9 Å². The van der Waals surface area contributed by atoms with Crippen LogP contribution in [-0.4, -0.2) is 24.3 Å². The summed E-state index contributed by atoms with van der Waals surface area (Å²) in [5.41, 5.74) is 1.74. The summed E-state index contributed by atoms with van der Waals surface area (Å²) in [5.74, 6) is -1.14. The number of halogens is 1. The fraction of sp³-hybridized carbons (Fsp3) is 0.370. The Labute approximate surface area is 205 Å². The number of allylic oxidation sites excluding steroid dienone is 2. The van der Waals surface area contributed by atoms with Gasteiger partial charge in [-0.05, 0) is 42.0 Å². The second-order valence-corrected chi connectivity index (χ2v) is 9.13. The highest BCUT2D eigenvalue weighted by atomic mass is 35.5. The first-order chi connectivity index (χ1) is 16.4. The summed E-state index contributed by atoms with van der Waals surface area (Å²) in [6.45, 7) is 2.51. The molecule has 2 aromatic rings. The Morgan fingerprint density at radius 1 is 1.06 bits per heavy atom. The third-order valence-corrected chi connectivity index (χ3v) is 6.01. The highest BCUT2D eigenvalue weighted by Gasteiger charge is 2.24. The molecule has 3 atom stereocenters. The standard InChI is InChI=1S/C27H31ClN2O4/c1-19-7-5-6-10-22(16-25(31)29-17-20-11-13-23(28)14-12-20)27(33)30-18-24(34-26(32)15-19)21-8-3-2-4-9-21/h2-6,8-9,11-14,19,22,24H,7,10,15-18H2,1H3,(H,29,31)(H,30,33)/b6-5+/t19?,22-,24-/m1/s1. The molecule has 0 aliphatic carbocycles. The van der Waals surface area contributed by atoms with E-state index in [2.05, 4.69) is 10.6 Å². The molecule has 1 heterocycles. The van der Waals surface area contributed by atoms with E-state index in [-0.39, 0.29) is 36.7 Å². The lowest BCUT2D eigenvalue weighted by Gasteiger charge is -2.21. The molecule has 1 unspecified atom stereocenters. The highest BCUT2D eigenvalue weighted by Crippen LogP contribution is 2.21. The Morgan fingerprint density at radius 2 is 1.76 bits per heavy atom. The van der Waals surface area contributed by atoms with Gasteiger partial charge in [0.05, 0.1) is 12.5 Å². The largest absolute Gasteiger partial charge is 0.456 e. The molecule has 180 valence electrons. The Balaban J connectivity index is 1.67. The summed E-state index contributed by atoms with van der Waals surface area (Å²) < 4.78 is 5.71. The summed E-state index contributed by atoms with van der Waals surface area (Å²) in [4.78, 5) is 38.1. The SMILES string of the molecule is CC1C/C=C/C[C@H](CC(=O)NCc2ccc(Cl)cc2)C(=O)NC[C@H](c2ccccc2)OC(=O)C1.